The van der Waals surface area contributed by atoms with Crippen LogP contribution >= 0.6 is 22.9 Å². The molecule has 3 aromatic carbocycles. The zero-order valence-electron chi connectivity index (χ0n) is 22.8. The van der Waals surface area contributed by atoms with Gasteiger partial charge in [0.25, 0.3) is 5.91 Å². The van der Waals surface area contributed by atoms with Crippen molar-refractivity contribution in [3.8, 4) is 16.9 Å². The van der Waals surface area contributed by atoms with Gasteiger partial charge in [0, 0.05) is 41.8 Å². The number of nitrogens with zero attached hydrogens (tertiary/aromatic N) is 3. The van der Waals surface area contributed by atoms with Crippen LogP contribution in [0.4, 0.5) is 0 Å². The molecule has 208 valence electrons. The normalized spacial score (nSPS) is 15.7. The van der Waals surface area contributed by atoms with Crippen molar-refractivity contribution in [2.24, 2.45) is 0 Å². The Balaban J connectivity index is 1.27. The number of rotatable bonds is 9. The Morgan fingerprint density at radius 2 is 1.82 bits per heavy atom. The van der Waals surface area contributed by atoms with Gasteiger partial charge in [0.15, 0.2) is 6.61 Å². The Labute approximate surface area is 244 Å². The number of aliphatic hydroxyl groups is 1. The van der Waals surface area contributed by atoms with Crippen LogP contribution in [0, 0.1) is 0 Å². The number of carbonyl (C=O) groups is 1. The molecular formula is C32H34ClN3O3S. The van der Waals surface area contributed by atoms with E-state index in [1.165, 1.54) is 0 Å². The predicted octanol–water partition coefficient (Wildman–Crippen LogP) is 6.55. The Bertz CT molecular complexity index is 1410. The molecule has 2 heterocycles. The van der Waals surface area contributed by atoms with E-state index in [0.717, 1.165) is 27.3 Å². The van der Waals surface area contributed by atoms with Crippen LogP contribution in [0.15, 0.2) is 84.4 Å². The molecule has 0 spiro atoms. The molecule has 40 heavy (non-hydrogen) atoms. The summed E-state index contributed by atoms with van der Waals surface area (Å²) in [4.78, 5) is 21.6. The fraction of sp³-hybridized carbons (Fsp3) is 0.312. The number of piperidine rings is 1. The first-order chi connectivity index (χ1) is 19.3. The Kier molecular flexibility index (Phi) is 8.86. The van der Waals surface area contributed by atoms with Crippen molar-refractivity contribution in [1.29, 1.82) is 0 Å². The van der Waals surface area contributed by atoms with Gasteiger partial charge in [-0.2, -0.15) is 0 Å². The third-order valence-corrected chi connectivity index (χ3v) is 8.93. The SMILES string of the molecule is CC(c1nccs1)N(C)Cc1cc(-c2ccccc2)ccc1OCC(=O)N1CCC(O)(c2ccc(Cl)cc2)CC1. The lowest BCUT2D eigenvalue weighted by Crippen LogP contribution is -2.46. The molecule has 0 aliphatic carbocycles. The second kappa shape index (κ2) is 12.5. The number of likely N-dealkylation sites (tertiary alicyclic amines) is 1. The molecule has 0 bridgehead atoms. The minimum Gasteiger partial charge on any atom is -0.483 e. The second-order valence-electron chi connectivity index (χ2n) is 10.4. The Morgan fingerprint density at radius 3 is 2.50 bits per heavy atom. The van der Waals surface area contributed by atoms with Crippen LogP contribution in [0.3, 0.4) is 0 Å². The zero-order chi connectivity index (χ0) is 28.1. The first-order valence-corrected chi connectivity index (χ1v) is 14.8. The van der Waals surface area contributed by atoms with E-state index in [1.807, 2.05) is 54.0 Å². The molecular weight excluding hydrogens is 542 g/mol. The highest BCUT2D eigenvalue weighted by molar-refractivity contribution is 7.09. The van der Waals surface area contributed by atoms with Gasteiger partial charge in [-0.25, -0.2) is 4.98 Å². The molecule has 0 saturated carbocycles. The summed E-state index contributed by atoms with van der Waals surface area (Å²) >= 11 is 7.65. The second-order valence-corrected chi connectivity index (χ2v) is 11.7. The zero-order valence-corrected chi connectivity index (χ0v) is 24.4. The fourth-order valence-corrected chi connectivity index (χ4v) is 5.98. The van der Waals surface area contributed by atoms with Gasteiger partial charge >= 0.3 is 0 Å². The van der Waals surface area contributed by atoms with Crippen LogP contribution in [0.25, 0.3) is 11.1 Å². The summed E-state index contributed by atoms with van der Waals surface area (Å²) < 4.78 is 6.16. The number of hydrogen-bond acceptors (Lipinski definition) is 6. The number of ether oxygens (including phenoxy) is 1. The maximum absolute atomic E-state index is 13.1. The third kappa shape index (κ3) is 6.56. The Morgan fingerprint density at radius 1 is 1.10 bits per heavy atom. The molecule has 1 fully saturated rings. The summed E-state index contributed by atoms with van der Waals surface area (Å²) in [5, 5.41) is 14.9. The number of carbonyl (C=O) groups excluding carboxylic acids is 1. The molecule has 1 aromatic heterocycles. The number of amides is 1. The average Bonchev–Trinajstić information content (AvgIpc) is 3.52. The molecule has 1 saturated heterocycles. The quantitative estimate of drug-likeness (QED) is 0.245. The summed E-state index contributed by atoms with van der Waals surface area (Å²) in [5.41, 5.74) is 3.11. The summed E-state index contributed by atoms with van der Waals surface area (Å²) in [5.74, 6) is 0.613. The lowest BCUT2D eigenvalue weighted by molar-refractivity contribution is -0.137. The van der Waals surface area contributed by atoms with E-state index in [9.17, 15) is 9.90 Å². The highest BCUT2D eigenvalue weighted by atomic mass is 35.5. The van der Waals surface area contributed by atoms with Gasteiger partial charge in [-0.15, -0.1) is 11.3 Å². The van der Waals surface area contributed by atoms with Crippen LogP contribution in [-0.2, 0) is 16.9 Å². The largest absolute Gasteiger partial charge is 0.483 e. The minimum absolute atomic E-state index is 0.0528. The van der Waals surface area contributed by atoms with Gasteiger partial charge < -0.3 is 14.7 Å². The number of hydrogen-bond donors (Lipinski definition) is 1. The molecule has 5 rings (SSSR count). The molecule has 0 radical (unpaired) electrons. The molecule has 1 amide bonds. The lowest BCUT2D eigenvalue weighted by atomic mass is 9.84. The minimum atomic E-state index is -0.957. The predicted molar refractivity (Wildman–Crippen MR) is 161 cm³/mol. The van der Waals surface area contributed by atoms with Crippen molar-refractivity contribution >= 4 is 28.8 Å². The highest BCUT2D eigenvalue weighted by Crippen LogP contribution is 2.34. The standard InChI is InChI=1S/C32H34ClN3O3S/c1-23(31-34-16-19-40-31)35(2)21-26-20-25(24-6-4-3-5-7-24)8-13-29(26)39-22-30(37)36-17-14-32(38,15-18-36)27-9-11-28(33)12-10-27/h3-13,16,19-20,23,38H,14-15,17-18,21-22H2,1-2H3. The van der Waals surface area contributed by atoms with E-state index in [1.54, 1.807) is 28.4 Å². The van der Waals surface area contributed by atoms with Crippen molar-refractivity contribution in [1.82, 2.24) is 14.8 Å². The first-order valence-electron chi connectivity index (χ1n) is 13.5. The van der Waals surface area contributed by atoms with E-state index in [-0.39, 0.29) is 18.6 Å². The van der Waals surface area contributed by atoms with Gasteiger partial charge in [-0.3, -0.25) is 9.69 Å². The van der Waals surface area contributed by atoms with Gasteiger partial charge in [0.2, 0.25) is 0 Å². The van der Waals surface area contributed by atoms with Crippen molar-refractivity contribution in [3.05, 3.63) is 106 Å². The number of aromatic nitrogens is 1. The maximum Gasteiger partial charge on any atom is 0.260 e. The van der Waals surface area contributed by atoms with E-state index in [0.29, 0.717) is 43.2 Å². The number of halogens is 1. The topological polar surface area (TPSA) is 65.9 Å². The van der Waals surface area contributed by atoms with Crippen molar-refractivity contribution in [2.45, 2.75) is 38.0 Å². The van der Waals surface area contributed by atoms with Gasteiger partial charge in [-0.05, 0) is 67.8 Å². The number of thiazole rings is 1. The summed E-state index contributed by atoms with van der Waals surface area (Å²) in [7, 11) is 2.08. The first kappa shape index (κ1) is 28.3. The number of benzene rings is 3. The molecule has 6 nitrogen and oxygen atoms in total. The molecule has 1 unspecified atom stereocenters. The molecule has 8 heteroatoms. The van der Waals surface area contributed by atoms with E-state index >= 15 is 0 Å². The molecule has 1 atom stereocenters. The molecule has 1 aliphatic heterocycles. The average molecular weight is 576 g/mol. The summed E-state index contributed by atoms with van der Waals surface area (Å²) in [6.45, 7) is 3.67. The summed E-state index contributed by atoms with van der Waals surface area (Å²) in [6, 6.07) is 23.8. The molecule has 1 aliphatic rings. The fourth-order valence-electron chi connectivity index (χ4n) is 5.09. The maximum atomic E-state index is 13.1. The van der Waals surface area contributed by atoms with Crippen molar-refractivity contribution in [3.63, 3.8) is 0 Å². The Hall–Kier alpha value is -3.23. The van der Waals surface area contributed by atoms with Crippen LogP contribution < -0.4 is 4.74 Å². The van der Waals surface area contributed by atoms with Crippen molar-refractivity contribution in [2.75, 3.05) is 26.7 Å². The lowest BCUT2D eigenvalue weighted by Gasteiger charge is -2.38. The smallest absolute Gasteiger partial charge is 0.260 e. The monoisotopic (exact) mass is 575 g/mol. The van der Waals surface area contributed by atoms with Crippen LogP contribution in [-0.4, -0.2) is 52.5 Å². The van der Waals surface area contributed by atoms with Gasteiger partial charge in [0.05, 0.1) is 11.6 Å². The van der Waals surface area contributed by atoms with E-state index < -0.39 is 5.60 Å². The van der Waals surface area contributed by atoms with Crippen LogP contribution in [0.2, 0.25) is 5.02 Å². The third-order valence-electron chi connectivity index (χ3n) is 7.73. The molecule has 1 N–H and O–H groups in total. The summed E-state index contributed by atoms with van der Waals surface area (Å²) in [6.07, 6.45) is 2.77. The van der Waals surface area contributed by atoms with E-state index in [2.05, 4.69) is 42.1 Å². The van der Waals surface area contributed by atoms with Crippen LogP contribution in [0.5, 0.6) is 5.75 Å². The van der Waals surface area contributed by atoms with Gasteiger partial charge in [0.1, 0.15) is 10.8 Å². The van der Waals surface area contributed by atoms with Crippen LogP contribution in [0.1, 0.15) is 41.9 Å². The highest BCUT2D eigenvalue weighted by Gasteiger charge is 2.35. The van der Waals surface area contributed by atoms with Gasteiger partial charge in [-0.1, -0.05) is 60.1 Å². The van der Waals surface area contributed by atoms with Crippen molar-refractivity contribution < 1.29 is 14.6 Å². The van der Waals surface area contributed by atoms with E-state index in [4.69, 9.17) is 16.3 Å². The molecule has 4 aromatic rings.